The number of aromatic nitrogens is 2. The average molecular weight is 450 g/mol. The molecule has 0 unspecified atom stereocenters. The SMILES string of the molecule is CC(C)COc1ccc(CN(Cc2ccc(F)cc2)c2nccc(N3CCNCC3)n2)cc1. The zero-order chi connectivity index (χ0) is 23.0. The van der Waals surface area contributed by atoms with E-state index in [1.54, 1.807) is 0 Å². The van der Waals surface area contributed by atoms with Gasteiger partial charge in [-0.2, -0.15) is 4.98 Å². The van der Waals surface area contributed by atoms with Crippen molar-refractivity contribution in [3.8, 4) is 5.75 Å². The van der Waals surface area contributed by atoms with E-state index in [0.29, 0.717) is 31.6 Å². The molecular weight excluding hydrogens is 417 g/mol. The third-order valence-corrected chi connectivity index (χ3v) is 5.52. The molecule has 33 heavy (non-hydrogen) atoms. The summed E-state index contributed by atoms with van der Waals surface area (Å²) in [6, 6.07) is 16.7. The fourth-order valence-corrected chi connectivity index (χ4v) is 3.74. The Bertz CT molecular complexity index is 1000. The molecule has 4 rings (SSSR count). The van der Waals surface area contributed by atoms with Crippen LogP contribution in [0.3, 0.4) is 0 Å². The molecule has 1 aromatic heterocycles. The van der Waals surface area contributed by atoms with Crippen molar-refractivity contribution < 1.29 is 9.13 Å². The highest BCUT2D eigenvalue weighted by molar-refractivity contribution is 5.45. The minimum atomic E-state index is -0.237. The fourth-order valence-electron chi connectivity index (χ4n) is 3.74. The van der Waals surface area contributed by atoms with Crippen LogP contribution >= 0.6 is 0 Å². The van der Waals surface area contributed by atoms with Crippen LogP contribution in [-0.4, -0.2) is 42.8 Å². The Morgan fingerprint density at radius 1 is 0.970 bits per heavy atom. The monoisotopic (exact) mass is 449 g/mol. The molecule has 2 heterocycles. The van der Waals surface area contributed by atoms with Gasteiger partial charge in [-0.15, -0.1) is 0 Å². The van der Waals surface area contributed by atoms with E-state index in [-0.39, 0.29) is 5.82 Å². The van der Waals surface area contributed by atoms with Crippen molar-refractivity contribution in [2.24, 2.45) is 5.92 Å². The summed E-state index contributed by atoms with van der Waals surface area (Å²) >= 11 is 0. The zero-order valence-corrected chi connectivity index (χ0v) is 19.4. The minimum Gasteiger partial charge on any atom is -0.493 e. The number of benzene rings is 2. The average Bonchev–Trinajstić information content (AvgIpc) is 2.85. The number of hydrogen-bond donors (Lipinski definition) is 1. The number of piperazine rings is 1. The van der Waals surface area contributed by atoms with E-state index in [9.17, 15) is 4.39 Å². The Morgan fingerprint density at radius 3 is 2.24 bits per heavy atom. The molecule has 1 aliphatic heterocycles. The molecule has 0 aliphatic carbocycles. The van der Waals surface area contributed by atoms with Crippen LogP contribution in [0.25, 0.3) is 0 Å². The van der Waals surface area contributed by atoms with Crippen molar-refractivity contribution in [1.82, 2.24) is 15.3 Å². The Morgan fingerprint density at radius 2 is 1.61 bits per heavy atom. The van der Waals surface area contributed by atoms with E-state index < -0.39 is 0 Å². The molecule has 174 valence electrons. The molecule has 1 aliphatic rings. The third kappa shape index (κ3) is 6.65. The predicted octanol–water partition coefficient (Wildman–Crippen LogP) is 4.27. The number of anilines is 2. The van der Waals surface area contributed by atoms with Crippen molar-refractivity contribution in [2.75, 3.05) is 42.6 Å². The molecule has 0 amide bonds. The number of hydrogen-bond acceptors (Lipinski definition) is 6. The maximum Gasteiger partial charge on any atom is 0.227 e. The Balaban J connectivity index is 1.55. The number of ether oxygens (including phenoxy) is 1. The molecule has 6 nitrogen and oxygen atoms in total. The lowest BCUT2D eigenvalue weighted by Crippen LogP contribution is -2.44. The number of halogens is 1. The molecule has 1 saturated heterocycles. The van der Waals surface area contributed by atoms with Crippen LogP contribution in [0.15, 0.2) is 60.8 Å². The molecule has 2 aromatic carbocycles. The Labute approximate surface area is 195 Å². The smallest absolute Gasteiger partial charge is 0.227 e. The van der Waals surface area contributed by atoms with Gasteiger partial charge in [0.1, 0.15) is 17.4 Å². The molecule has 3 aromatic rings. The number of nitrogens with zero attached hydrogens (tertiary/aromatic N) is 4. The maximum atomic E-state index is 13.4. The van der Waals surface area contributed by atoms with E-state index in [2.05, 4.69) is 46.1 Å². The summed E-state index contributed by atoms with van der Waals surface area (Å²) in [6.07, 6.45) is 1.82. The van der Waals surface area contributed by atoms with Gasteiger partial charge in [0.15, 0.2) is 0 Å². The largest absolute Gasteiger partial charge is 0.493 e. The van der Waals surface area contributed by atoms with Crippen LogP contribution in [0, 0.1) is 11.7 Å². The summed E-state index contributed by atoms with van der Waals surface area (Å²) in [5, 5.41) is 3.37. The van der Waals surface area contributed by atoms with Crippen LogP contribution < -0.4 is 19.9 Å². The summed E-state index contributed by atoms with van der Waals surface area (Å²) in [5.41, 5.74) is 2.13. The van der Waals surface area contributed by atoms with Gasteiger partial charge in [-0.05, 0) is 47.4 Å². The Kier molecular flexibility index (Phi) is 7.73. The summed E-state index contributed by atoms with van der Waals surface area (Å²) in [6.45, 7) is 9.92. The molecule has 1 N–H and O–H groups in total. The molecule has 0 radical (unpaired) electrons. The molecule has 1 fully saturated rings. The lowest BCUT2D eigenvalue weighted by atomic mass is 10.1. The lowest BCUT2D eigenvalue weighted by Gasteiger charge is -2.29. The number of rotatable bonds is 9. The van der Waals surface area contributed by atoms with Crippen LogP contribution in [0.5, 0.6) is 5.75 Å². The van der Waals surface area contributed by atoms with E-state index in [1.807, 2.05) is 36.5 Å². The first-order valence-electron chi connectivity index (χ1n) is 11.6. The highest BCUT2D eigenvalue weighted by Crippen LogP contribution is 2.21. The zero-order valence-electron chi connectivity index (χ0n) is 19.4. The molecule has 0 spiro atoms. The highest BCUT2D eigenvalue weighted by atomic mass is 19.1. The highest BCUT2D eigenvalue weighted by Gasteiger charge is 2.16. The van der Waals surface area contributed by atoms with Gasteiger partial charge in [-0.3, -0.25) is 0 Å². The summed E-state index contributed by atoms with van der Waals surface area (Å²) in [5.74, 6) is 2.71. The van der Waals surface area contributed by atoms with E-state index in [1.165, 1.54) is 12.1 Å². The van der Waals surface area contributed by atoms with Crippen LogP contribution in [0.1, 0.15) is 25.0 Å². The van der Waals surface area contributed by atoms with Gasteiger partial charge in [-0.1, -0.05) is 38.1 Å². The quantitative estimate of drug-likeness (QED) is 0.527. The fraction of sp³-hybridized carbons (Fsp3) is 0.385. The minimum absolute atomic E-state index is 0.237. The van der Waals surface area contributed by atoms with Crippen molar-refractivity contribution in [2.45, 2.75) is 26.9 Å². The lowest BCUT2D eigenvalue weighted by molar-refractivity contribution is 0.271. The van der Waals surface area contributed by atoms with Gasteiger partial charge in [-0.25, -0.2) is 9.37 Å². The van der Waals surface area contributed by atoms with Crippen molar-refractivity contribution in [3.63, 3.8) is 0 Å². The van der Waals surface area contributed by atoms with Crippen molar-refractivity contribution in [3.05, 3.63) is 77.7 Å². The first kappa shape index (κ1) is 23.0. The second kappa shape index (κ2) is 11.1. The predicted molar refractivity (Wildman–Crippen MR) is 130 cm³/mol. The molecule has 0 saturated carbocycles. The topological polar surface area (TPSA) is 53.5 Å². The van der Waals surface area contributed by atoms with Gasteiger partial charge in [0, 0.05) is 45.5 Å². The van der Waals surface area contributed by atoms with Crippen LogP contribution in [0.2, 0.25) is 0 Å². The maximum absolute atomic E-state index is 13.4. The summed E-state index contributed by atoms with van der Waals surface area (Å²) < 4.78 is 19.3. The van der Waals surface area contributed by atoms with Crippen molar-refractivity contribution in [1.29, 1.82) is 0 Å². The standard InChI is InChI=1S/C26H32FN5O/c1-20(2)19-33-24-9-5-22(6-10-24)18-32(17-21-3-7-23(27)8-4-21)26-29-12-11-25(30-26)31-15-13-28-14-16-31/h3-12,20,28H,13-19H2,1-2H3. The van der Waals surface area contributed by atoms with Crippen LogP contribution in [-0.2, 0) is 13.1 Å². The molecule has 0 atom stereocenters. The van der Waals surface area contributed by atoms with Gasteiger partial charge >= 0.3 is 0 Å². The van der Waals surface area contributed by atoms with Gasteiger partial charge in [0.05, 0.1) is 6.61 Å². The van der Waals surface area contributed by atoms with E-state index in [0.717, 1.165) is 48.9 Å². The first-order chi connectivity index (χ1) is 16.1. The molecule has 7 heteroatoms. The van der Waals surface area contributed by atoms with E-state index >= 15 is 0 Å². The third-order valence-electron chi connectivity index (χ3n) is 5.52. The van der Waals surface area contributed by atoms with E-state index in [4.69, 9.17) is 9.72 Å². The first-order valence-corrected chi connectivity index (χ1v) is 11.6. The molecule has 0 bridgehead atoms. The van der Waals surface area contributed by atoms with Gasteiger partial charge in [0.2, 0.25) is 5.95 Å². The van der Waals surface area contributed by atoms with Gasteiger partial charge < -0.3 is 19.9 Å². The second-order valence-corrected chi connectivity index (χ2v) is 8.78. The van der Waals surface area contributed by atoms with Gasteiger partial charge in [0.25, 0.3) is 0 Å². The van der Waals surface area contributed by atoms with Crippen molar-refractivity contribution >= 4 is 11.8 Å². The summed E-state index contributed by atoms with van der Waals surface area (Å²) in [4.78, 5) is 13.9. The molecular formula is C26H32FN5O. The normalized spacial score (nSPS) is 13.9. The van der Waals surface area contributed by atoms with Crippen LogP contribution in [0.4, 0.5) is 16.2 Å². The number of nitrogens with one attached hydrogen (secondary N) is 1. The Hall–Kier alpha value is -3.19. The summed E-state index contributed by atoms with van der Waals surface area (Å²) in [7, 11) is 0. The second-order valence-electron chi connectivity index (χ2n) is 8.78.